The van der Waals surface area contributed by atoms with E-state index in [0.717, 1.165) is 6.42 Å². The van der Waals surface area contributed by atoms with Gasteiger partial charge in [-0.25, -0.2) is 4.68 Å². The lowest BCUT2D eigenvalue weighted by atomic mass is 10.2. The number of rotatable bonds is 3. The molecule has 0 unspecified atom stereocenters. The lowest BCUT2D eigenvalue weighted by molar-refractivity contribution is 0.686. The molecule has 0 saturated heterocycles. The van der Waals surface area contributed by atoms with Gasteiger partial charge in [0.15, 0.2) is 0 Å². The van der Waals surface area contributed by atoms with Crippen LogP contribution >= 0.6 is 0 Å². The summed E-state index contributed by atoms with van der Waals surface area (Å²) in [5, 5.41) is 4.20. The van der Waals surface area contributed by atoms with Crippen LogP contribution in [0.15, 0.2) is 29.6 Å². The second kappa shape index (κ2) is 3.96. The SMILES string of the molecule is CC(C)C/C=N/n1cccc1. The molecule has 2 heteroatoms. The molecule has 1 rings (SSSR count). The van der Waals surface area contributed by atoms with Crippen LogP contribution in [0.3, 0.4) is 0 Å². The van der Waals surface area contributed by atoms with Crippen LogP contribution in [-0.4, -0.2) is 10.9 Å². The van der Waals surface area contributed by atoms with Crippen molar-refractivity contribution in [3.8, 4) is 0 Å². The summed E-state index contributed by atoms with van der Waals surface area (Å²) >= 11 is 0. The summed E-state index contributed by atoms with van der Waals surface area (Å²) in [5.41, 5.74) is 0. The number of hydrogen-bond donors (Lipinski definition) is 0. The number of aromatic nitrogens is 1. The maximum Gasteiger partial charge on any atom is 0.0284 e. The molecule has 0 bridgehead atoms. The zero-order chi connectivity index (χ0) is 8.10. The van der Waals surface area contributed by atoms with Crippen LogP contribution in [0.4, 0.5) is 0 Å². The first-order valence-corrected chi connectivity index (χ1v) is 3.95. The second-order valence-corrected chi connectivity index (χ2v) is 2.99. The van der Waals surface area contributed by atoms with E-state index < -0.39 is 0 Å². The predicted octanol–water partition coefficient (Wildman–Crippen LogP) is 2.37. The average molecular weight is 150 g/mol. The van der Waals surface area contributed by atoms with Gasteiger partial charge in [0.2, 0.25) is 0 Å². The second-order valence-electron chi connectivity index (χ2n) is 2.99. The Hall–Kier alpha value is -1.05. The molecule has 1 heterocycles. The standard InChI is InChI=1S/C9H14N2/c1-9(2)5-6-10-11-7-3-4-8-11/h3-4,6-9H,5H2,1-2H3/b10-6+. The van der Waals surface area contributed by atoms with Gasteiger partial charge in [-0.2, -0.15) is 5.10 Å². The van der Waals surface area contributed by atoms with Crippen LogP contribution in [0.1, 0.15) is 20.3 Å². The van der Waals surface area contributed by atoms with Crippen molar-refractivity contribution >= 4 is 6.21 Å². The molecule has 0 fully saturated rings. The summed E-state index contributed by atoms with van der Waals surface area (Å²) in [7, 11) is 0. The summed E-state index contributed by atoms with van der Waals surface area (Å²) in [6.07, 6.45) is 6.84. The van der Waals surface area contributed by atoms with E-state index in [0.29, 0.717) is 5.92 Å². The van der Waals surface area contributed by atoms with E-state index in [2.05, 4.69) is 18.9 Å². The van der Waals surface area contributed by atoms with Gasteiger partial charge in [-0.15, -0.1) is 0 Å². The highest BCUT2D eigenvalue weighted by molar-refractivity contribution is 5.57. The number of hydrogen-bond acceptors (Lipinski definition) is 1. The first kappa shape index (κ1) is 8.05. The Bertz CT molecular complexity index is 209. The molecule has 2 nitrogen and oxygen atoms in total. The minimum Gasteiger partial charge on any atom is -0.249 e. The topological polar surface area (TPSA) is 17.3 Å². The van der Waals surface area contributed by atoms with E-state index in [1.807, 2.05) is 35.4 Å². The van der Waals surface area contributed by atoms with Gasteiger partial charge in [0.05, 0.1) is 0 Å². The molecule has 0 spiro atoms. The molecule has 1 aromatic heterocycles. The molecule has 0 aliphatic rings. The molecule has 0 aromatic carbocycles. The third-order valence-electron chi connectivity index (χ3n) is 1.38. The third-order valence-corrected chi connectivity index (χ3v) is 1.38. The van der Waals surface area contributed by atoms with Gasteiger partial charge in [-0.1, -0.05) is 13.8 Å². The van der Waals surface area contributed by atoms with Crippen LogP contribution in [0.2, 0.25) is 0 Å². The molecular weight excluding hydrogens is 136 g/mol. The zero-order valence-corrected chi connectivity index (χ0v) is 7.07. The molecule has 11 heavy (non-hydrogen) atoms. The molecule has 1 aromatic rings. The van der Waals surface area contributed by atoms with E-state index in [1.165, 1.54) is 0 Å². The maximum atomic E-state index is 4.20. The van der Waals surface area contributed by atoms with Crippen LogP contribution in [0.5, 0.6) is 0 Å². The lowest BCUT2D eigenvalue weighted by Crippen LogP contribution is -1.89. The van der Waals surface area contributed by atoms with Crippen molar-refractivity contribution < 1.29 is 0 Å². The van der Waals surface area contributed by atoms with E-state index in [9.17, 15) is 0 Å². The van der Waals surface area contributed by atoms with Gasteiger partial charge in [-0.3, -0.25) is 0 Å². The lowest BCUT2D eigenvalue weighted by Gasteiger charge is -1.96. The minimum absolute atomic E-state index is 0.689. The largest absolute Gasteiger partial charge is 0.249 e. The summed E-state index contributed by atoms with van der Waals surface area (Å²) < 4.78 is 1.81. The Morgan fingerprint density at radius 3 is 2.55 bits per heavy atom. The first-order valence-electron chi connectivity index (χ1n) is 3.95. The van der Waals surface area contributed by atoms with E-state index in [4.69, 9.17) is 0 Å². The highest BCUT2D eigenvalue weighted by atomic mass is 15.3. The van der Waals surface area contributed by atoms with Gasteiger partial charge in [-0.05, 0) is 24.5 Å². The fraction of sp³-hybridized carbons (Fsp3) is 0.444. The van der Waals surface area contributed by atoms with Crippen molar-refractivity contribution in [3.05, 3.63) is 24.5 Å². The van der Waals surface area contributed by atoms with Crippen molar-refractivity contribution in [3.63, 3.8) is 0 Å². The predicted molar refractivity (Wildman–Crippen MR) is 47.8 cm³/mol. The van der Waals surface area contributed by atoms with E-state index in [1.54, 1.807) is 0 Å². The van der Waals surface area contributed by atoms with Crippen molar-refractivity contribution in [2.75, 3.05) is 0 Å². The van der Waals surface area contributed by atoms with Crippen LogP contribution < -0.4 is 0 Å². The van der Waals surface area contributed by atoms with Gasteiger partial charge < -0.3 is 0 Å². The van der Waals surface area contributed by atoms with Crippen LogP contribution in [0.25, 0.3) is 0 Å². The van der Waals surface area contributed by atoms with Gasteiger partial charge in [0.25, 0.3) is 0 Å². The van der Waals surface area contributed by atoms with Crippen molar-refractivity contribution in [1.82, 2.24) is 4.68 Å². The monoisotopic (exact) mass is 150 g/mol. The first-order chi connectivity index (χ1) is 5.29. The fourth-order valence-corrected chi connectivity index (χ4v) is 0.755. The Morgan fingerprint density at radius 2 is 2.00 bits per heavy atom. The van der Waals surface area contributed by atoms with Crippen molar-refractivity contribution in [2.24, 2.45) is 11.0 Å². The number of nitrogens with zero attached hydrogens (tertiary/aromatic N) is 2. The smallest absolute Gasteiger partial charge is 0.0284 e. The molecule has 0 aliphatic carbocycles. The molecule has 0 saturated carbocycles. The van der Waals surface area contributed by atoms with Gasteiger partial charge in [0.1, 0.15) is 0 Å². The average Bonchev–Trinajstić information content (AvgIpc) is 2.39. The Balaban J connectivity index is 2.37. The van der Waals surface area contributed by atoms with E-state index in [-0.39, 0.29) is 0 Å². The molecule has 0 atom stereocenters. The molecular formula is C9H14N2. The van der Waals surface area contributed by atoms with E-state index >= 15 is 0 Å². The normalized spacial score (nSPS) is 11.5. The maximum absolute atomic E-state index is 4.20. The van der Waals surface area contributed by atoms with Crippen molar-refractivity contribution in [1.29, 1.82) is 0 Å². The quantitative estimate of drug-likeness (QED) is 0.588. The summed E-state index contributed by atoms with van der Waals surface area (Å²) in [4.78, 5) is 0. The molecule has 0 N–H and O–H groups in total. The zero-order valence-electron chi connectivity index (χ0n) is 7.07. The van der Waals surface area contributed by atoms with Crippen LogP contribution in [0, 0.1) is 5.92 Å². The third kappa shape index (κ3) is 3.03. The van der Waals surface area contributed by atoms with Crippen molar-refractivity contribution in [2.45, 2.75) is 20.3 Å². The van der Waals surface area contributed by atoms with Crippen LogP contribution in [-0.2, 0) is 0 Å². The minimum atomic E-state index is 0.689. The highest BCUT2D eigenvalue weighted by Crippen LogP contribution is 1.96. The van der Waals surface area contributed by atoms with Gasteiger partial charge >= 0.3 is 0 Å². The van der Waals surface area contributed by atoms with Gasteiger partial charge in [0, 0.05) is 18.6 Å². The molecule has 0 aliphatic heterocycles. The summed E-state index contributed by atoms with van der Waals surface area (Å²) in [6.45, 7) is 4.36. The Labute approximate surface area is 67.5 Å². The Morgan fingerprint density at radius 1 is 1.36 bits per heavy atom. The fourth-order valence-electron chi connectivity index (χ4n) is 0.755. The Kier molecular flexibility index (Phi) is 2.90. The highest BCUT2D eigenvalue weighted by Gasteiger charge is 1.87. The molecule has 60 valence electrons. The molecule has 0 amide bonds. The molecule has 0 radical (unpaired) electrons. The summed E-state index contributed by atoms with van der Waals surface area (Å²) in [6, 6.07) is 3.93. The summed E-state index contributed by atoms with van der Waals surface area (Å²) in [5.74, 6) is 0.689.